The van der Waals surface area contributed by atoms with Crippen LogP contribution in [0.15, 0.2) is 224 Å². The lowest BCUT2D eigenvalue weighted by atomic mass is 9.70. The highest BCUT2D eigenvalue weighted by Gasteiger charge is 2.52. The minimum atomic E-state index is -0.398. The number of aromatic nitrogens is 1. The first-order chi connectivity index (χ1) is 28.8. The summed E-state index contributed by atoms with van der Waals surface area (Å²) in [5, 5.41) is 2.55. The molecule has 9 aromatic rings. The molecular formula is C56H38N2. The van der Waals surface area contributed by atoms with Gasteiger partial charge in [-0.15, -0.1) is 0 Å². The van der Waals surface area contributed by atoms with E-state index < -0.39 is 5.41 Å². The third kappa shape index (κ3) is 4.60. The van der Waals surface area contributed by atoms with E-state index in [4.69, 9.17) is 0 Å². The lowest BCUT2D eigenvalue weighted by molar-refractivity contribution is 0.793. The van der Waals surface area contributed by atoms with Crippen molar-refractivity contribution in [3.63, 3.8) is 0 Å². The molecule has 8 aromatic carbocycles. The van der Waals surface area contributed by atoms with Crippen molar-refractivity contribution < 1.29 is 0 Å². The van der Waals surface area contributed by atoms with E-state index in [1.807, 2.05) is 0 Å². The van der Waals surface area contributed by atoms with Crippen LogP contribution < -0.4 is 4.90 Å². The second kappa shape index (κ2) is 12.8. The van der Waals surface area contributed by atoms with Crippen molar-refractivity contribution in [3.05, 3.63) is 246 Å². The minimum Gasteiger partial charge on any atom is -0.310 e. The molecular weight excluding hydrogens is 701 g/mol. The Hall–Kier alpha value is -7.42. The van der Waals surface area contributed by atoms with E-state index in [2.05, 4.69) is 228 Å². The van der Waals surface area contributed by atoms with E-state index in [0.717, 1.165) is 23.5 Å². The molecule has 0 N–H and O–H groups in total. The van der Waals surface area contributed by atoms with Crippen molar-refractivity contribution in [2.75, 3.05) is 4.90 Å². The third-order valence-electron chi connectivity index (χ3n) is 12.6. The molecule has 0 saturated heterocycles. The van der Waals surface area contributed by atoms with Gasteiger partial charge in [0.1, 0.15) is 0 Å². The molecule has 0 bridgehead atoms. The standard InChI is InChI=1S/C56H38N2/c1-2-4-17-40(16-3-1)57(41-34-30-38(31-35-41)39-32-36-42(37-33-39)58-52-27-13-8-20-45(52)46-21-9-14-28-53(46)58)54-29-15-26-51-55(54)47-22-7-12-25-50(47)56(51)48-23-10-5-18-43(48)44-19-6-11-24-49(44)56/h1-3,5-37H,4H2. The van der Waals surface area contributed by atoms with Gasteiger partial charge in [-0.25, -0.2) is 0 Å². The largest absolute Gasteiger partial charge is 0.310 e. The first-order valence-electron chi connectivity index (χ1n) is 20.3. The number of allylic oxidation sites excluding steroid dienone is 5. The highest BCUT2D eigenvalue weighted by atomic mass is 15.1. The van der Waals surface area contributed by atoms with Crippen LogP contribution in [0.5, 0.6) is 0 Å². The van der Waals surface area contributed by atoms with Gasteiger partial charge in [0.05, 0.1) is 22.1 Å². The summed E-state index contributed by atoms with van der Waals surface area (Å²) in [6.45, 7) is 0. The fraction of sp³-hybridized carbons (Fsp3) is 0.0357. The Morgan fingerprint density at radius 3 is 1.64 bits per heavy atom. The van der Waals surface area contributed by atoms with E-state index in [-0.39, 0.29) is 0 Å². The van der Waals surface area contributed by atoms with Crippen LogP contribution in [0.4, 0.5) is 11.4 Å². The number of para-hydroxylation sites is 2. The summed E-state index contributed by atoms with van der Waals surface area (Å²) >= 11 is 0. The average Bonchev–Trinajstić information content (AvgIpc) is 3.79. The average molecular weight is 739 g/mol. The van der Waals surface area contributed by atoms with Crippen molar-refractivity contribution in [1.29, 1.82) is 0 Å². The zero-order valence-corrected chi connectivity index (χ0v) is 31.9. The molecule has 1 aromatic heterocycles. The smallest absolute Gasteiger partial charge is 0.0726 e. The molecule has 0 radical (unpaired) electrons. The number of fused-ring (bicyclic) bond motifs is 13. The summed E-state index contributed by atoms with van der Waals surface area (Å²) in [6.07, 6.45) is 12.0. The van der Waals surface area contributed by atoms with Crippen LogP contribution in [0.3, 0.4) is 0 Å². The van der Waals surface area contributed by atoms with Crippen molar-refractivity contribution in [2.24, 2.45) is 0 Å². The van der Waals surface area contributed by atoms with Crippen molar-refractivity contribution in [3.8, 4) is 39.1 Å². The van der Waals surface area contributed by atoms with Crippen LogP contribution in [0.2, 0.25) is 0 Å². The zero-order chi connectivity index (χ0) is 38.2. The zero-order valence-electron chi connectivity index (χ0n) is 31.9. The molecule has 3 aliphatic rings. The van der Waals surface area contributed by atoms with Gasteiger partial charge >= 0.3 is 0 Å². The van der Waals surface area contributed by atoms with Crippen LogP contribution in [-0.4, -0.2) is 4.57 Å². The summed E-state index contributed by atoms with van der Waals surface area (Å²) in [4.78, 5) is 2.47. The predicted octanol–water partition coefficient (Wildman–Crippen LogP) is 14.3. The molecule has 2 nitrogen and oxygen atoms in total. The van der Waals surface area contributed by atoms with E-state index in [1.165, 1.54) is 83.1 Å². The van der Waals surface area contributed by atoms with Crippen LogP contribution in [0.25, 0.3) is 60.9 Å². The van der Waals surface area contributed by atoms with E-state index in [1.54, 1.807) is 0 Å². The molecule has 1 spiro atoms. The summed E-state index contributed by atoms with van der Waals surface area (Å²) in [5.74, 6) is 0. The molecule has 3 aliphatic carbocycles. The minimum absolute atomic E-state index is 0.398. The fourth-order valence-corrected chi connectivity index (χ4v) is 10.3. The molecule has 0 saturated carbocycles. The Labute approximate surface area is 338 Å². The number of anilines is 2. The van der Waals surface area contributed by atoms with Crippen molar-refractivity contribution >= 4 is 33.2 Å². The first-order valence-corrected chi connectivity index (χ1v) is 20.3. The Bertz CT molecular complexity index is 3090. The topological polar surface area (TPSA) is 8.17 Å². The Balaban J connectivity index is 0.990. The van der Waals surface area contributed by atoms with E-state index >= 15 is 0 Å². The summed E-state index contributed by atoms with van der Waals surface area (Å²) in [7, 11) is 0. The Morgan fingerprint density at radius 2 is 0.983 bits per heavy atom. The fourth-order valence-electron chi connectivity index (χ4n) is 10.3. The lowest BCUT2D eigenvalue weighted by Gasteiger charge is -2.32. The molecule has 2 heteroatoms. The van der Waals surface area contributed by atoms with Gasteiger partial charge in [0.15, 0.2) is 0 Å². The highest BCUT2D eigenvalue weighted by Crippen LogP contribution is 2.64. The maximum atomic E-state index is 2.47. The maximum absolute atomic E-state index is 2.47. The van der Waals surface area contributed by atoms with E-state index in [9.17, 15) is 0 Å². The van der Waals surface area contributed by atoms with Gasteiger partial charge in [0, 0.05) is 33.4 Å². The van der Waals surface area contributed by atoms with Crippen molar-refractivity contribution in [2.45, 2.75) is 11.8 Å². The molecule has 0 fully saturated rings. The van der Waals surface area contributed by atoms with Crippen LogP contribution in [-0.2, 0) is 5.41 Å². The van der Waals surface area contributed by atoms with Gasteiger partial charge in [-0.2, -0.15) is 0 Å². The number of hydrogen-bond acceptors (Lipinski definition) is 1. The number of benzene rings is 8. The monoisotopic (exact) mass is 738 g/mol. The van der Waals surface area contributed by atoms with Crippen molar-refractivity contribution in [1.82, 2.24) is 4.57 Å². The predicted molar refractivity (Wildman–Crippen MR) is 242 cm³/mol. The Kier molecular flexibility index (Phi) is 7.24. The quantitative estimate of drug-likeness (QED) is 0.171. The third-order valence-corrected chi connectivity index (χ3v) is 12.6. The van der Waals surface area contributed by atoms with Gasteiger partial charge in [0.25, 0.3) is 0 Å². The SMILES string of the molecule is C1=CCC=C(N(c2ccc(-c3ccc(-n4c5ccccc5c5ccccc54)cc3)cc2)c2cccc3c2-c2ccccc2C32c3ccccc3-c3ccccc32)C=C1. The van der Waals surface area contributed by atoms with Gasteiger partial charge in [0.2, 0.25) is 0 Å². The van der Waals surface area contributed by atoms with E-state index in [0.29, 0.717) is 0 Å². The second-order valence-corrected chi connectivity index (χ2v) is 15.5. The molecule has 12 rings (SSSR count). The lowest BCUT2D eigenvalue weighted by Crippen LogP contribution is -2.26. The molecule has 0 unspecified atom stereocenters. The number of nitrogens with zero attached hydrogens (tertiary/aromatic N) is 2. The molecule has 0 amide bonds. The highest BCUT2D eigenvalue weighted by molar-refractivity contribution is 6.09. The molecule has 1 heterocycles. The molecule has 272 valence electrons. The molecule has 58 heavy (non-hydrogen) atoms. The number of rotatable bonds is 5. The van der Waals surface area contributed by atoms with Crippen LogP contribution in [0.1, 0.15) is 28.7 Å². The first kappa shape index (κ1) is 32.8. The van der Waals surface area contributed by atoms with Gasteiger partial charge < -0.3 is 9.47 Å². The van der Waals surface area contributed by atoms with Gasteiger partial charge in [-0.1, -0.05) is 170 Å². The second-order valence-electron chi connectivity index (χ2n) is 15.5. The molecule has 0 atom stereocenters. The molecule has 0 aliphatic heterocycles. The number of hydrogen-bond donors (Lipinski definition) is 0. The maximum Gasteiger partial charge on any atom is 0.0726 e. The van der Waals surface area contributed by atoms with Gasteiger partial charge in [-0.05, 0) is 105 Å². The Morgan fingerprint density at radius 1 is 0.448 bits per heavy atom. The van der Waals surface area contributed by atoms with Crippen LogP contribution in [0, 0.1) is 0 Å². The summed E-state index contributed by atoms with van der Waals surface area (Å²) in [6, 6.07) is 69.7. The normalized spacial score (nSPS) is 14.2. The summed E-state index contributed by atoms with van der Waals surface area (Å²) < 4.78 is 2.38. The van der Waals surface area contributed by atoms with Crippen LogP contribution >= 0.6 is 0 Å². The van der Waals surface area contributed by atoms with Gasteiger partial charge in [-0.3, -0.25) is 0 Å². The summed E-state index contributed by atoms with van der Waals surface area (Å²) in [5.41, 5.74) is 19.7.